The number of carboxylic acids is 1. The van der Waals surface area contributed by atoms with Crippen LogP contribution in [0.5, 0.6) is 5.75 Å². The lowest BCUT2D eigenvalue weighted by Crippen LogP contribution is -2.30. The Bertz CT molecular complexity index is 1230. The predicted octanol–water partition coefficient (Wildman–Crippen LogP) is 6.67. The average molecular weight is 530 g/mol. The van der Waals surface area contributed by atoms with Gasteiger partial charge in [-0.1, -0.05) is 72.1 Å². The Balaban J connectivity index is 1.72. The number of terminal acetylenes is 1. The normalized spacial score (nSPS) is 12.2. The minimum Gasteiger partial charge on any atom is -0.494 e. The Morgan fingerprint density at radius 3 is 2.49 bits per heavy atom. The van der Waals surface area contributed by atoms with E-state index in [1.807, 2.05) is 35.2 Å². The van der Waals surface area contributed by atoms with E-state index in [4.69, 9.17) is 27.9 Å². The van der Waals surface area contributed by atoms with Crippen LogP contribution in [0.4, 0.5) is 13.2 Å². The Morgan fingerprint density at radius 1 is 1.08 bits per heavy atom. The molecule has 4 nitrogen and oxygen atoms in total. The molecule has 37 heavy (non-hydrogen) atoms. The molecule has 0 aliphatic carbocycles. The molecule has 8 heteroatoms. The summed E-state index contributed by atoms with van der Waals surface area (Å²) in [6, 6.07) is 20.3. The fraction of sp³-hybridized carbons (Fsp3) is 0.276. The Morgan fingerprint density at radius 2 is 1.81 bits per heavy atom. The van der Waals surface area contributed by atoms with Crippen LogP contribution < -0.4 is 4.74 Å². The molecule has 1 N–H and O–H groups in total. The summed E-state index contributed by atoms with van der Waals surface area (Å²) < 4.78 is 46.0. The summed E-state index contributed by atoms with van der Waals surface area (Å²) in [6.07, 6.45) is 1.73. The number of rotatable bonds is 12. The highest BCUT2D eigenvalue weighted by Gasteiger charge is 2.34. The van der Waals surface area contributed by atoms with Crippen molar-refractivity contribution in [1.29, 1.82) is 0 Å². The van der Waals surface area contributed by atoms with Gasteiger partial charge in [-0.05, 0) is 41.3 Å². The zero-order valence-corrected chi connectivity index (χ0v) is 20.8. The second kappa shape index (κ2) is 13.2. The quantitative estimate of drug-likeness (QED) is 0.210. The first-order valence-electron chi connectivity index (χ1n) is 11.7. The molecule has 0 bridgehead atoms. The van der Waals surface area contributed by atoms with Crippen LogP contribution in [-0.4, -0.2) is 35.7 Å². The highest BCUT2D eigenvalue weighted by atomic mass is 35.5. The molecule has 3 rings (SSSR count). The summed E-state index contributed by atoms with van der Waals surface area (Å²) in [5, 5.41) is 8.66. The monoisotopic (exact) mass is 529 g/mol. The van der Waals surface area contributed by atoms with Crippen LogP contribution >= 0.6 is 11.6 Å². The second-order valence-corrected chi connectivity index (χ2v) is 8.94. The Kier molecular flexibility index (Phi) is 10.0. The van der Waals surface area contributed by atoms with E-state index in [0.29, 0.717) is 43.0 Å². The van der Waals surface area contributed by atoms with Crippen LogP contribution in [0.1, 0.15) is 34.6 Å². The zero-order chi connectivity index (χ0) is 26.8. The van der Waals surface area contributed by atoms with Gasteiger partial charge in [0, 0.05) is 19.6 Å². The fourth-order valence-corrected chi connectivity index (χ4v) is 4.29. The molecular weight excluding hydrogens is 503 g/mol. The SMILES string of the molecule is C#CC(CN(CCCOc1cccc(CC(=O)O)c1)Cc1cccc(C(F)(F)F)c1Cl)c1ccccc1. The van der Waals surface area contributed by atoms with E-state index in [2.05, 4.69) is 5.92 Å². The number of alkyl halides is 3. The number of carbonyl (C=O) groups is 1. The van der Waals surface area contributed by atoms with E-state index in [1.54, 1.807) is 30.3 Å². The smallest absolute Gasteiger partial charge is 0.417 e. The molecule has 194 valence electrons. The third-order valence-electron chi connectivity index (χ3n) is 5.76. The molecule has 0 fully saturated rings. The van der Waals surface area contributed by atoms with Gasteiger partial charge in [-0.3, -0.25) is 9.69 Å². The van der Waals surface area contributed by atoms with Crippen molar-refractivity contribution in [1.82, 2.24) is 4.90 Å². The van der Waals surface area contributed by atoms with Crippen molar-refractivity contribution in [3.63, 3.8) is 0 Å². The molecule has 1 atom stereocenters. The maximum absolute atomic E-state index is 13.4. The molecule has 0 saturated heterocycles. The van der Waals surface area contributed by atoms with Gasteiger partial charge in [0.2, 0.25) is 0 Å². The van der Waals surface area contributed by atoms with Gasteiger partial charge >= 0.3 is 12.1 Å². The van der Waals surface area contributed by atoms with Crippen molar-refractivity contribution in [3.05, 3.63) is 100 Å². The first kappa shape index (κ1) is 28.1. The highest BCUT2D eigenvalue weighted by molar-refractivity contribution is 6.32. The van der Waals surface area contributed by atoms with Crippen molar-refractivity contribution < 1.29 is 27.8 Å². The van der Waals surface area contributed by atoms with Crippen molar-refractivity contribution in [2.45, 2.75) is 31.5 Å². The fourth-order valence-electron chi connectivity index (χ4n) is 3.99. The molecule has 0 aliphatic rings. The lowest BCUT2D eigenvalue weighted by atomic mass is 9.99. The molecule has 0 aliphatic heterocycles. The van der Waals surface area contributed by atoms with Gasteiger partial charge in [0.1, 0.15) is 5.75 Å². The van der Waals surface area contributed by atoms with Gasteiger partial charge in [-0.2, -0.15) is 13.2 Å². The molecule has 0 heterocycles. The largest absolute Gasteiger partial charge is 0.494 e. The molecule has 0 aromatic heterocycles. The van der Waals surface area contributed by atoms with Crippen LogP contribution in [0.25, 0.3) is 0 Å². The maximum atomic E-state index is 13.4. The van der Waals surface area contributed by atoms with Crippen LogP contribution in [0.15, 0.2) is 72.8 Å². The predicted molar refractivity (Wildman–Crippen MR) is 138 cm³/mol. The molecular formula is C29H27ClF3NO3. The van der Waals surface area contributed by atoms with Crippen LogP contribution in [0.2, 0.25) is 5.02 Å². The molecule has 0 spiro atoms. The van der Waals surface area contributed by atoms with Gasteiger partial charge in [0.15, 0.2) is 0 Å². The van der Waals surface area contributed by atoms with Gasteiger partial charge in [-0.15, -0.1) is 6.42 Å². The number of hydrogen-bond donors (Lipinski definition) is 1. The topological polar surface area (TPSA) is 49.8 Å². The summed E-state index contributed by atoms with van der Waals surface area (Å²) >= 11 is 6.16. The Hall–Kier alpha value is -3.47. The van der Waals surface area contributed by atoms with Gasteiger partial charge in [-0.25, -0.2) is 0 Å². The number of benzene rings is 3. The van der Waals surface area contributed by atoms with Crippen LogP contribution in [0.3, 0.4) is 0 Å². The first-order valence-corrected chi connectivity index (χ1v) is 12.1. The number of aliphatic carboxylic acids is 1. The summed E-state index contributed by atoms with van der Waals surface area (Å²) in [4.78, 5) is 12.9. The van der Waals surface area contributed by atoms with E-state index in [0.717, 1.165) is 11.6 Å². The van der Waals surface area contributed by atoms with E-state index in [1.165, 1.54) is 6.07 Å². The molecule has 0 radical (unpaired) electrons. The third-order valence-corrected chi connectivity index (χ3v) is 6.21. The minimum absolute atomic E-state index is 0.101. The highest BCUT2D eigenvalue weighted by Crippen LogP contribution is 2.36. The molecule has 0 amide bonds. The number of ether oxygens (including phenoxy) is 1. The van der Waals surface area contributed by atoms with Crippen molar-refractivity contribution in [2.24, 2.45) is 0 Å². The van der Waals surface area contributed by atoms with E-state index >= 15 is 0 Å². The summed E-state index contributed by atoms with van der Waals surface area (Å²) in [6.45, 7) is 1.42. The first-order chi connectivity index (χ1) is 17.7. The Labute approximate surface area is 219 Å². The van der Waals surface area contributed by atoms with Gasteiger partial charge < -0.3 is 9.84 Å². The lowest BCUT2D eigenvalue weighted by Gasteiger charge is -2.26. The maximum Gasteiger partial charge on any atom is 0.417 e. The summed E-state index contributed by atoms with van der Waals surface area (Å²) in [7, 11) is 0. The molecule has 1 unspecified atom stereocenters. The second-order valence-electron chi connectivity index (χ2n) is 8.56. The molecule has 3 aromatic rings. The summed E-state index contributed by atoms with van der Waals surface area (Å²) in [5.41, 5.74) is 1.07. The van der Waals surface area contributed by atoms with Crippen molar-refractivity contribution >= 4 is 17.6 Å². The average Bonchev–Trinajstić information content (AvgIpc) is 2.85. The van der Waals surface area contributed by atoms with Crippen LogP contribution in [-0.2, 0) is 23.9 Å². The molecule has 3 aromatic carbocycles. The van der Waals surface area contributed by atoms with E-state index in [9.17, 15) is 18.0 Å². The summed E-state index contributed by atoms with van der Waals surface area (Å²) in [5.74, 6) is 2.15. The number of hydrogen-bond acceptors (Lipinski definition) is 3. The van der Waals surface area contributed by atoms with Gasteiger partial charge in [0.25, 0.3) is 0 Å². The third kappa shape index (κ3) is 8.56. The standard InChI is InChI=1S/C29H27ClF3NO3/c1-2-22(23-10-4-3-5-11-23)19-34(20-24-12-7-14-26(28(24)30)29(31,32)33)15-8-16-37-25-13-6-9-21(17-25)18-27(35)36/h1,3-7,9-14,17,22H,8,15-16,18-20H2,(H,35,36). The van der Waals surface area contributed by atoms with E-state index in [-0.39, 0.29) is 23.9 Å². The number of carboxylic acid groups (broad SMARTS) is 1. The molecule has 0 saturated carbocycles. The van der Waals surface area contributed by atoms with E-state index < -0.39 is 17.7 Å². The zero-order valence-electron chi connectivity index (χ0n) is 20.0. The lowest BCUT2D eigenvalue weighted by molar-refractivity contribution is -0.138. The number of halogens is 4. The minimum atomic E-state index is -4.55. The van der Waals surface area contributed by atoms with Gasteiger partial charge in [0.05, 0.1) is 29.5 Å². The van der Waals surface area contributed by atoms with Crippen molar-refractivity contribution in [2.75, 3.05) is 19.7 Å². The van der Waals surface area contributed by atoms with Crippen LogP contribution in [0, 0.1) is 12.3 Å². The number of nitrogens with zero attached hydrogens (tertiary/aromatic N) is 1. The van der Waals surface area contributed by atoms with Crippen molar-refractivity contribution in [3.8, 4) is 18.1 Å².